The van der Waals surface area contributed by atoms with Gasteiger partial charge in [-0.25, -0.2) is 14.1 Å². The number of amides is 1. The van der Waals surface area contributed by atoms with Gasteiger partial charge in [-0.15, -0.1) is 0 Å². The molecule has 3 aromatic rings. The van der Waals surface area contributed by atoms with Crippen LogP contribution in [0.15, 0.2) is 58.1 Å². The van der Waals surface area contributed by atoms with Gasteiger partial charge in [0.15, 0.2) is 18.2 Å². The van der Waals surface area contributed by atoms with Crippen molar-refractivity contribution in [3.63, 3.8) is 0 Å². The number of fused-ring (bicyclic) bond motifs is 1. The summed E-state index contributed by atoms with van der Waals surface area (Å²) in [5.74, 6) is -1.27. The van der Waals surface area contributed by atoms with Crippen LogP contribution in [0.2, 0.25) is 0 Å². The first kappa shape index (κ1) is 16.1. The summed E-state index contributed by atoms with van der Waals surface area (Å²) in [5, 5.41) is 0.375. The molecule has 0 saturated carbocycles. The summed E-state index contributed by atoms with van der Waals surface area (Å²) < 4.78 is 20.2. The Morgan fingerprint density at radius 2 is 2.08 bits per heavy atom. The van der Waals surface area contributed by atoms with Crippen LogP contribution < -0.4 is 15.7 Å². The highest BCUT2D eigenvalue weighted by atomic mass is 79.9. The topological polar surface area (TPSA) is 73.2 Å². The molecule has 0 spiro atoms. The van der Waals surface area contributed by atoms with E-state index in [1.807, 2.05) is 0 Å². The third-order valence-corrected chi connectivity index (χ3v) is 3.66. The van der Waals surface area contributed by atoms with Crippen LogP contribution in [-0.2, 0) is 4.79 Å². The van der Waals surface area contributed by atoms with Crippen LogP contribution in [-0.4, -0.2) is 22.2 Å². The van der Waals surface area contributed by atoms with Crippen LogP contribution in [0.3, 0.4) is 0 Å². The smallest absolute Gasteiger partial charge is 0.280 e. The fourth-order valence-corrected chi connectivity index (χ4v) is 2.38. The summed E-state index contributed by atoms with van der Waals surface area (Å²) in [7, 11) is 0. The second-order valence-electron chi connectivity index (χ2n) is 4.84. The minimum Gasteiger partial charge on any atom is -0.481 e. The second-order valence-corrected chi connectivity index (χ2v) is 5.75. The minimum absolute atomic E-state index is 0.0580. The summed E-state index contributed by atoms with van der Waals surface area (Å²) in [6.45, 7) is -0.447. The SMILES string of the molecule is O=C(COc1ccc(Br)cc1F)Nn1cnc2ccccc2c1=O. The van der Waals surface area contributed by atoms with Gasteiger partial charge in [0.05, 0.1) is 10.9 Å². The predicted octanol–water partition coefficient (Wildman–Crippen LogP) is 2.45. The van der Waals surface area contributed by atoms with Gasteiger partial charge in [-0.05, 0) is 30.3 Å². The van der Waals surface area contributed by atoms with E-state index in [-0.39, 0.29) is 5.75 Å². The second kappa shape index (κ2) is 6.79. The zero-order valence-electron chi connectivity index (χ0n) is 12.2. The lowest BCUT2D eigenvalue weighted by atomic mass is 10.2. The number of rotatable bonds is 4. The van der Waals surface area contributed by atoms with Gasteiger partial charge in [0.2, 0.25) is 0 Å². The third kappa shape index (κ3) is 3.43. The van der Waals surface area contributed by atoms with Crippen molar-refractivity contribution in [2.45, 2.75) is 0 Å². The molecule has 24 heavy (non-hydrogen) atoms. The number of hydrogen-bond acceptors (Lipinski definition) is 4. The zero-order valence-corrected chi connectivity index (χ0v) is 13.8. The number of halogens is 2. The van der Waals surface area contributed by atoms with Crippen molar-refractivity contribution >= 4 is 32.7 Å². The quantitative estimate of drug-likeness (QED) is 0.741. The molecule has 1 aromatic heterocycles. The molecule has 0 fully saturated rings. The average molecular weight is 392 g/mol. The molecule has 6 nitrogen and oxygen atoms in total. The number of nitrogens with zero attached hydrogens (tertiary/aromatic N) is 2. The summed E-state index contributed by atoms with van der Waals surface area (Å²) in [6.07, 6.45) is 1.21. The molecule has 0 saturated heterocycles. The fourth-order valence-electron chi connectivity index (χ4n) is 2.05. The lowest BCUT2D eigenvalue weighted by Gasteiger charge is -2.10. The maximum Gasteiger partial charge on any atom is 0.280 e. The lowest BCUT2D eigenvalue weighted by molar-refractivity contribution is -0.119. The summed E-state index contributed by atoms with van der Waals surface area (Å²) in [5.41, 5.74) is 2.47. The molecule has 0 aliphatic heterocycles. The number of carbonyl (C=O) groups is 1. The maximum absolute atomic E-state index is 13.6. The molecule has 0 atom stereocenters. The first-order valence-electron chi connectivity index (χ1n) is 6.89. The minimum atomic E-state index is -0.614. The Morgan fingerprint density at radius 3 is 2.88 bits per heavy atom. The van der Waals surface area contributed by atoms with E-state index in [4.69, 9.17) is 4.74 Å². The Morgan fingerprint density at radius 1 is 1.29 bits per heavy atom. The molecule has 0 aliphatic rings. The standard InChI is InChI=1S/C16H11BrFN3O3/c17-10-5-6-14(12(18)7-10)24-8-15(22)20-21-9-19-13-4-2-1-3-11(13)16(21)23/h1-7,9H,8H2,(H,20,22). The lowest BCUT2D eigenvalue weighted by Crippen LogP contribution is -2.35. The molecule has 0 unspecified atom stereocenters. The largest absolute Gasteiger partial charge is 0.481 e. The van der Waals surface area contributed by atoms with Gasteiger partial charge in [-0.3, -0.25) is 15.0 Å². The van der Waals surface area contributed by atoms with Crippen LogP contribution in [0.5, 0.6) is 5.75 Å². The first-order valence-corrected chi connectivity index (χ1v) is 7.68. The van der Waals surface area contributed by atoms with E-state index < -0.39 is 23.9 Å². The van der Waals surface area contributed by atoms with E-state index in [0.29, 0.717) is 15.4 Å². The normalized spacial score (nSPS) is 10.6. The number of carbonyl (C=O) groups excluding carboxylic acids is 1. The van der Waals surface area contributed by atoms with E-state index >= 15 is 0 Å². The summed E-state index contributed by atoms with van der Waals surface area (Å²) in [4.78, 5) is 28.2. The Labute approximate surface area is 144 Å². The van der Waals surface area contributed by atoms with E-state index in [1.165, 1.54) is 18.5 Å². The molecule has 0 radical (unpaired) electrons. The van der Waals surface area contributed by atoms with Crippen LogP contribution in [0.1, 0.15) is 0 Å². The molecule has 2 aromatic carbocycles. The highest BCUT2D eigenvalue weighted by Gasteiger charge is 2.10. The average Bonchev–Trinajstić information content (AvgIpc) is 2.57. The van der Waals surface area contributed by atoms with Gasteiger partial charge in [0, 0.05) is 4.47 Å². The van der Waals surface area contributed by atoms with Crippen molar-refractivity contribution in [3.05, 3.63) is 69.4 Å². The predicted molar refractivity (Wildman–Crippen MR) is 90.0 cm³/mol. The Hall–Kier alpha value is -2.74. The number of aromatic nitrogens is 2. The van der Waals surface area contributed by atoms with E-state index in [0.717, 1.165) is 4.68 Å². The summed E-state index contributed by atoms with van der Waals surface area (Å²) >= 11 is 3.13. The third-order valence-electron chi connectivity index (χ3n) is 3.16. The maximum atomic E-state index is 13.6. The molecule has 8 heteroatoms. The fraction of sp³-hybridized carbons (Fsp3) is 0.0625. The van der Waals surface area contributed by atoms with Gasteiger partial charge in [0.1, 0.15) is 6.33 Å². The Balaban J connectivity index is 1.71. The van der Waals surface area contributed by atoms with Crippen molar-refractivity contribution in [1.82, 2.24) is 9.66 Å². The molecule has 1 amide bonds. The summed E-state index contributed by atoms with van der Waals surface area (Å²) in [6, 6.07) is 11.0. The molecular formula is C16H11BrFN3O3. The van der Waals surface area contributed by atoms with Crippen molar-refractivity contribution < 1.29 is 13.9 Å². The Bertz CT molecular complexity index is 974. The van der Waals surface area contributed by atoms with Gasteiger partial charge < -0.3 is 4.74 Å². The van der Waals surface area contributed by atoms with Gasteiger partial charge in [-0.1, -0.05) is 28.1 Å². The Kier molecular flexibility index (Phi) is 4.57. The van der Waals surface area contributed by atoms with Crippen molar-refractivity contribution in [2.75, 3.05) is 12.0 Å². The van der Waals surface area contributed by atoms with Gasteiger partial charge in [-0.2, -0.15) is 0 Å². The van der Waals surface area contributed by atoms with E-state index in [1.54, 1.807) is 30.3 Å². The molecule has 122 valence electrons. The molecule has 3 rings (SSSR count). The highest BCUT2D eigenvalue weighted by Crippen LogP contribution is 2.21. The number of hydrogen-bond donors (Lipinski definition) is 1. The molecule has 0 bridgehead atoms. The van der Waals surface area contributed by atoms with Crippen molar-refractivity contribution in [1.29, 1.82) is 0 Å². The van der Waals surface area contributed by atoms with Gasteiger partial charge >= 0.3 is 0 Å². The van der Waals surface area contributed by atoms with Gasteiger partial charge in [0.25, 0.3) is 11.5 Å². The molecular weight excluding hydrogens is 381 g/mol. The molecule has 1 N–H and O–H groups in total. The van der Waals surface area contributed by atoms with E-state index in [2.05, 4.69) is 26.3 Å². The molecule has 0 aliphatic carbocycles. The number of para-hydroxylation sites is 1. The van der Waals surface area contributed by atoms with Crippen LogP contribution >= 0.6 is 15.9 Å². The van der Waals surface area contributed by atoms with Crippen LogP contribution in [0, 0.1) is 5.82 Å². The highest BCUT2D eigenvalue weighted by molar-refractivity contribution is 9.10. The zero-order chi connectivity index (χ0) is 17.1. The van der Waals surface area contributed by atoms with Crippen LogP contribution in [0.25, 0.3) is 10.9 Å². The number of benzene rings is 2. The van der Waals surface area contributed by atoms with E-state index in [9.17, 15) is 14.0 Å². The van der Waals surface area contributed by atoms with Crippen molar-refractivity contribution in [2.24, 2.45) is 0 Å². The number of ether oxygens (including phenoxy) is 1. The van der Waals surface area contributed by atoms with Crippen LogP contribution in [0.4, 0.5) is 4.39 Å². The first-order chi connectivity index (χ1) is 11.5. The van der Waals surface area contributed by atoms with Crippen molar-refractivity contribution in [3.8, 4) is 5.75 Å². The number of nitrogens with one attached hydrogen (secondary N) is 1. The molecule has 1 heterocycles. The monoisotopic (exact) mass is 391 g/mol.